The highest BCUT2D eigenvalue weighted by molar-refractivity contribution is 7.91. The quantitative estimate of drug-likeness (QED) is 0.552. The highest BCUT2D eigenvalue weighted by atomic mass is 32.2. The Balaban J connectivity index is 2.61. The highest BCUT2D eigenvalue weighted by Gasteiger charge is 2.27. The van der Waals surface area contributed by atoms with Gasteiger partial charge in [0, 0.05) is 12.4 Å². The van der Waals surface area contributed by atoms with E-state index in [1.807, 2.05) is 4.72 Å². The van der Waals surface area contributed by atoms with E-state index in [1.54, 1.807) is 4.72 Å². The van der Waals surface area contributed by atoms with Gasteiger partial charge in [-0.1, -0.05) is 0 Å². The molecule has 0 aromatic carbocycles. The minimum Gasteiger partial charge on any atom is -0.266 e. The number of hydrogen-bond donors (Lipinski definition) is 2. The molecule has 2 heterocycles. The van der Waals surface area contributed by atoms with Gasteiger partial charge in [0.15, 0.2) is 11.5 Å². The largest absolute Gasteiger partial charge is 0.325 e. The van der Waals surface area contributed by atoms with Gasteiger partial charge in [-0.3, -0.25) is 4.79 Å². The lowest BCUT2D eigenvalue weighted by Gasteiger charge is -2.15. The van der Waals surface area contributed by atoms with Crippen LogP contribution in [-0.4, -0.2) is 24.3 Å². The summed E-state index contributed by atoms with van der Waals surface area (Å²) in [7, 11) is -3.80. The number of nitrogens with zero attached hydrogens (tertiary/aromatic N) is 2. The molecule has 1 aromatic heterocycles. The van der Waals surface area contributed by atoms with E-state index >= 15 is 0 Å². The predicted molar refractivity (Wildman–Crippen MR) is 42.0 cm³/mol. The maximum atomic E-state index is 11.1. The van der Waals surface area contributed by atoms with Crippen molar-refractivity contribution in [2.45, 2.75) is 0 Å². The second-order valence-electron chi connectivity index (χ2n) is 2.29. The van der Waals surface area contributed by atoms with Crippen molar-refractivity contribution in [1.29, 1.82) is 0 Å². The number of hydrogen-bond acceptors (Lipinski definition) is 5. The van der Waals surface area contributed by atoms with Gasteiger partial charge in [0.25, 0.3) is 5.91 Å². The zero-order chi connectivity index (χ0) is 9.47. The second kappa shape index (κ2) is 2.39. The minimum atomic E-state index is -3.80. The monoisotopic (exact) mass is 200 g/mol. The highest BCUT2D eigenvalue weighted by Crippen LogP contribution is 2.13. The SMILES string of the molecule is O=C1NS(=O)(=O)Nc2nccnc21. The Kier molecular flexibility index (Phi) is 1.46. The van der Waals surface area contributed by atoms with Gasteiger partial charge in [-0.05, 0) is 0 Å². The van der Waals surface area contributed by atoms with Gasteiger partial charge in [-0.2, -0.15) is 8.42 Å². The zero-order valence-corrected chi connectivity index (χ0v) is 7.00. The van der Waals surface area contributed by atoms with Gasteiger partial charge in [0.1, 0.15) is 0 Å². The number of rotatable bonds is 0. The van der Waals surface area contributed by atoms with Crippen molar-refractivity contribution in [3.8, 4) is 0 Å². The number of amides is 1. The number of carbonyl (C=O) groups is 1. The molecule has 0 radical (unpaired) electrons. The third kappa shape index (κ3) is 1.31. The number of fused-ring (bicyclic) bond motifs is 1. The number of carbonyl (C=O) groups excluding carboxylic acids is 1. The van der Waals surface area contributed by atoms with Crippen LogP contribution < -0.4 is 9.44 Å². The molecule has 0 fully saturated rings. The summed E-state index contributed by atoms with van der Waals surface area (Å²) in [6.07, 6.45) is 2.60. The first-order valence-electron chi connectivity index (χ1n) is 3.24. The zero-order valence-electron chi connectivity index (χ0n) is 6.18. The van der Waals surface area contributed by atoms with E-state index in [0.29, 0.717) is 0 Å². The van der Waals surface area contributed by atoms with E-state index in [2.05, 4.69) is 9.97 Å². The van der Waals surface area contributed by atoms with Crippen LogP contribution in [0.5, 0.6) is 0 Å². The first-order chi connectivity index (χ1) is 6.08. The van der Waals surface area contributed by atoms with Gasteiger partial charge in [0.2, 0.25) is 0 Å². The molecule has 0 spiro atoms. The van der Waals surface area contributed by atoms with Crippen LogP contribution in [0.25, 0.3) is 0 Å². The number of aromatic nitrogens is 2. The average molecular weight is 200 g/mol. The van der Waals surface area contributed by atoms with Crippen molar-refractivity contribution in [1.82, 2.24) is 14.7 Å². The molecule has 0 atom stereocenters. The maximum absolute atomic E-state index is 11.1. The van der Waals surface area contributed by atoms with Gasteiger partial charge in [0.05, 0.1) is 0 Å². The molecule has 0 aliphatic carbocycles. The lowest BCUT2D eigenvalue weighted by Crippen LogP contribution is -2.41. The fraction of sp³-hybridized carbons (Fsp3) is 0. The molecule has 0 saturated heterocycles. The molecule has 2 N–H and O–H groups in total. The Morgan fingerprint density at radius 2 is 1.85 bits per heavy atom. The molecular formula is C5H4N4O3S. The normalized spacial score (nSPS) is 18.3. The van der Waals surface area contributed by atoms with Crippen LogP contribution in [0.2, 0.25) is 0 Å². The van der Waals surface area contributed by atoms with Gasteiger partial charge in [-0.25, -0.2) is 19.4 Å². The molecule has 68 valence electrons. The Morgan fingerprint density at radius 1 is 1.15 bits per heavy atom. The summed E-state index contributed by atoms with van der Waals surface area (Å²) in [5, 5.41) is 0. The standard InChI is InChI=1S/C5H4N4O3S/c10-5-3-4(7-2-1-6-3)8-13(11,12)9-5/h1-2H,(H,7,8)(H,9,10). The molecule has 8 heteroatoms. The Bertz CT molecular complexity index is 468. The Hall–Kier alpha value is -1.70. The van der Waals surface area contributed by atoms with Crippen LogP contribution in [-0.2, 0) is 10.2 Å². The van der Waals surface area contributed by atoms with Crippen LogP contribution in [0.4, 0.5) is 5.82 Å². The Morgan fingerprint density at radius 3 is 2.62 bits per heavy atom. The molecule has 1 aliphatic rings. The van der Waals surface area contributed by atoms with Gasteiger partial charge < -0.3 is 0 Å². The average Bonchev–Trinajstić information content (AvgIpc) is 2.02. The molecule has 0 unspecified atom stereocenters. The fourth-order valence-electron chi connectivity index (χ4n) is 0.902. The van der Waals surface area contributed by atoms with Crippen molar-refractivity contribution in [2.24, 2.45) is 0 Å². The van der Waals surface area contributed by atoms with Crippen molar-refractivity contribution in [3.05, 3.63) is 18.1 Å². The topological polar surface area (TPSA) is 101 Å². The first kappa shape index (κ1) is 7.92. The third-order valence-corrected chi connectivity index (χ3v) is 2.29. The van der Waals surface area contributed by atoms with E-state index in [1.165, 1.54) is 12.4 Å². The fourth-order valence-corrected chi connectivity index (χ4v) is 1.70. The predicted octanol–water partition coefficient (Wildman–Crippen LogP) is -1.12. The molecule has 1 aromatic rings. The molecule has 7 nitrogen and oxygen atoms in total. The summed E-state index contributed by atoms with van der Waals surface area (Å²) in [6.45, 7) is 0. The van der Waals surface area contributed by atoms with Crippen molar-refractivity contribution in [2.75, 3.05) is 4.72 Å². The maximum Gasteiger partial charge on any atom is 0.325 e. The van der Waals surface area contributed by atoms with Crippen LogP contribution in [0, 0.1) is 0 Å². The first-order valence-corrected chi connectivity index (χ1v) is 4.73. The van der Waals surface area contributed by atoms with Crippen molar-refractivity contribution in [3.63, 3.8) is 0 Å². The van der Waals surface area contributed by atoms with E-state index in [4.69, 9.17) is 0 Å². The van der Waals surface area contributed by atoms with Gasteiger partial charge >= 0.3 is 10.2 Å². The summed E-state index contributed by atoms with van der Waals surface area (Å²) in [5.74, 6) is -0.826. The van der Waals surface area contributed by atoms with E-state index < -0.39 is 16.1 Å². The van der Waals surface area contributed by atoms with Crippen LogP contribution >= 0.6 is 0 Å². The lowest BCUT2D eigenvalue weighted by molar-refractivity contribution is 0.0976. The van der Waals surface area contributed by atoms with Crippen molar-refractivity contribution >= 4 is 21.9 Å². The van der Waals surface area contributed by atoms with Crippen LogP contribution in [0.15, 0.2) is 12.4 Å². The van der Waals surface area contributed by atoms with Crippen LogP contribution in [0.3, 0.4) is 0 Å². The number of anilines is 1. The molecule has 0 bridgehead atoms. The Labute approximate surface area is 73.4 Å². The summed E-state index contributed by atoms with van der Waals surface area (Å²) in [4.78, 5) is 18.4. The summed E-state index contributed by atoms with van der Waals surface area (Å²) < 4.78 is 25.6. The molecular weight excluding hydrogens is 196 g/mol. The van der Waals surface area contributed by atoms with E-state index in [9.17, 15) is 13.2 Å². The second-order valence-corrected chi connectivity index (χ2v) is 3.71. The molecule has 1 amide bonds. The number of nitrogens with one attached hydrogen (secondary N) is 2. The smallest absolute Gasteiger partial charge is 0.266 e. The van der Waals surface area contributed by atoms with E-state index in [0.717, 1.165) is 0 Å². The third-order valence-electron chi connectivity index (χ3n) is 1.37. The molecule has 1 aliphatic heterocycles. The molecule has 13 heavy (non-hydrogen) atoms. The summed E-state index contributed by atoms with van der Waals surface area (Å²) in [6, 6.07) is 0. The summed E-state index contributed by atoms with van der Waals surface area (Å²) >= 11 is 0. The lowest BCUT2D eigenvalue weighted by atomic mass is 10.4. The molecule has 2 rings (SSSR count). The summed E-state index contributed by atoms with van der Waals surface area (Å²) in [5.41, 5.74) is -0.0303. The minimum absolute atomic E-state index is 0.0303. The molecule has 0 saturated carbocycles. The van der Waals surface area contributed by atoms with Crippen molar-refractivity contribution < 1.29 is 13.2 Å². The van der Waals surface area contributed by atoms with Crippen LogP contribution in [0.1, 0.15) is 10.5 Å². The van der Waals surface area contributed by atoms with E-state index in [-0.39, 0.29) is 11.5 Å². The van der Waals surface area contributed by atoms with Gasteiger partial charge in [-0.15, -0.1) is 0 Å².